The minimum Gasteiger partial charge on any atom is -0.345 e. The molecule has 1 rings (SSSR count). The molecule has 0 saturated heterocycles. The third-order valence-corrected chi connectivity index (χ3v) is 3.57. The summed E-state index contributed by atoms with van der Waals surface area (Å²) in [6.07, 6.45) is 6.32. The predicted octanol–water partition coefficient (Wildman–Crippen LogP) is 2.77. The van der Waals surface area contributed by atoms with E-state index in [1.165, 1.54) is 6.42 Å². The van der Waals surface area contributed by atoms with E-state index in [-0.39, 0.29) is 17.0 Å². The second kappa shape index (κ2) is 6.59. The van der Waals surface area contributed by atoms with Crippen molar-refractivity contribution in [3.8, 4) is 0 Å². The van der Waals surface area contributed by atoms with Crippen molar-refractivity contribution in [3.05, 3.63) is 0 Å². The quantitative estimate of drug-likeness (QED) is 0.782. The molecule has 0 aromatic carbocycles. The second-order valence-electron chi connectivity index (χ2n) is 7.88. The summed E-state index contributed by atoms with van der Waals surface area (Å²) in [4.78, 5) is 23.9. The Balaban J connectivity index is 2.46. The van der Waals surface area contributed by atoms with E-state index < -0.39 is 11.8 Å². The van der Waals surface area contributed by atoms with Gasteiger partial charge in [-0.15, -0.1) is 0 Å². The lowest BCUT2D eigenvalue weighted by atomic mass is 9.82. The summed E-state index contributed by atoms with van der Waals surface area (Å²) in [6.45, 7) is 10.3. The zero-order valence-corrected chi connectivity index (χ0v) is 13.6. The van der Waals surface area contributed by atoms with Crippen molar-refractivity contribution in [1.82, 2.24) is 10.6 Å². The molecule has 116 valence electrons. The predicted molar refractivity (Wildman–Crippen MR) is 81.3 cm³/mol. The van der Waals surface area contributed by atoms with E-state index in [4.69, 9.17) is 0 Å². The summed E-state index contributed by atoms with van der Waals surface area (Å²) in [7, 11) is 0. The number of hydrogen-bond acceptors (Lipinski definition) is 2. The number of amides is 2. The van der Waals surface area contributed by atoms with Gasteiger partial charge in [-0.25, -0.2) is 0 Å². The molecule has 0 aromatic rings. The molecule has 0 spiro atoms. The van der Waals surface area contributed by atoms with Gasteiger partial charge in [-0.1, -0.05) is 40.0 Å². The average Bonchev–Trinajstić information content (AvgIpc) is 2.26. The van der Waals surface area contributed by atoms with E-state index in [1.54, 1.807) is 0 Å². The van der Waals surface area contributed by atoms with Gasteiger partial charge in [0.15, 0.2) is 0 Å². The second-order valence-corrected chi connectivity index (χ2v) is 7.88. The largest absolute Gasteiger partial charge is 0.345 e. The minimum atomic E-state index is -0.509. The Morgan fingerprint density at radius 3 is 2.00 bits per heavy atom. The highest BCUT2D eigenvalue weighted by molar-refractivity contribution is 6.35. The van der Waals surface area contributed by atoms with Crippen LogP contribution in [-0.4, -0.2) is 23.4 Å². The number of rotatable bonds is 3. The van der Waals surface area contributed by atoms with E-state index in [0.717, 1.165) is 32.1 Å². The van der Waals surface area contributed by atoms with Crippen LogP contribution in [0, 0.1) is 5.41 Å². The van der Waals surface area contributed by atoms with Gasteiger partial charge >= 0.3 is 11.8 Å². The fourth-order valence-electron chi connectivity index (χ4n) is 3.23. The van der Waals surface area contributed by atoms with Crippen LogP contribution in [0.15, 0.2) is 0 Å². The molecular formula is C16H30N2O2. The molecule has 1 aliphatic carbocycles. The first-order chi connectivity index (χ1) is 9.09. The fraction of sp³-hybridized carbons (Fsp3) is 0.875. The first-order valence-electron chi connectivity index (χ1n) is 7.72. The highest BCUT2D eigenvalue weighted by Gasteiger charge is 2.30. The van der Waals surface area contributed by atoms with Crippen molar-refractivity contribution >= 4 is 11.8 Å². The van der Waals surface area contributed by atoms with E-state index in [1.807, 2.05) is 13.8 Å². The number of carbonyl (C=O) groups is 2. The summed E-state index contributed by atoms with van der Waals surface area (Å²) < 4.78 is 0. The molecular weight excluding hydrogens is 252 g/mol. The Morgan fingerprint density at radius 1 is 0.950 bits per heavy atom. The van der Waals surface area contributed by atoms with Gasteiger partial charge < -0.3 is 10.6 Å². The number of carbonyl (C=O) groups excluding carboxylic acids is 2. The minimum absolute atomic E-state index is 0.108. The molecule has 20 heavy (non-hydrogen) atoms. The van der Waals surface area contributed by atoms with E-state index >= 15 is 0 Å². The van der Waals surface area contributed by atoms with Gasteiger partial charge in [-0.05, 0) is 38.5 Å². The van der Waals surface area contributed by atoms with Crippen LogP contribution in [0.4, 0.5) is 0 Å². The zero-order valence-electron chi connectivity index (χ0n) is 13.6. The number of hydrogen-bond donors (Lipinski definition) is 2. The molecule has 2 N–H and O–H groups in total. The van der Waals surface area contributed by atoms with Crippen molar-refractivity contribution in [2.75, 3.05) is 0 Å². The van der Waals surface area contributed by atoms with E-state index in [0.29, 0.717) is 0 Å². The molecule has 0 bridgehead atoms. The third-order valence-electron chi connectivity index (χ3n) is 3.57. The van der Waals surface area contributed by atoms with Crippen LogP contribution in [0.2, 0.25) is 0 Å². The summed E-state index contributed by atoms with van der Waals surface area (Å²) >= 11 is 0. The highest BCUT2D eigenvalue weighted by atomic mass is 16.2. The van der Waals surface area contributed by atoms with Crippen molar-refractivity contribution in [3.63, 3.8) is 0 Å². The summed E-state index contributed by atoms with van der Waals surface area (Å²) in [5, 5.41) is 5.70. The first-order valence-corrected chi connectivity index (χ1v) is 7.72. The SMILES string of the molecule is CC(C)(C)CC(C)(C)NC(=O)C(=O)NC1CCCCC1. The Labute approximate surface area is 123 Å². The van der Waals surface area contributed by atoms with Gasteiger partial charge in [0.2, 0.25) is 0 Å². The Bertz CT molecular complexity index is 350. The van der Waals surface area contributed by atoms with Crippen molar-refractivity contribution in [2.45, 2.75) is 84.7 Å². The average molecular weight is 282 g/mol. The molecule has 0 aliphatic heterocycles. The van der Waals surface area contributed by atoms with Gasteiger partial charge in [0.25, 0.3) is 0 Å². The van der Waals surface area contributed by atoms with Crippen LogP contribution < -0.4 is 10.6 Å². The van der Waals surface area contributed by atoms with Gasteiger partial charge in [-0.2, -0.15) is 0 Å². The molecule has 0 heterocycles. The van der Waals surface area contributed by atoms with Crippen LogP contribution in [0.1, 0.15) is 73.1 Å². The summed E-state index contributed by atoms with van der Waals surface area (Å²) in [5.74, 6) is -0.997. The maximum Gasteiger partial charge on any atom is 0.309 e. The standard InChI is InChI=1S/C16H30N2O2/c1-15(2,3)11-16(4,5)18-14(20)13(19)17-12-9-7-6-8-10-12/h12H,6-11H2,1-5H3,(H,17,19)(H,18,20). The fourth-order valence-corrected chi connectivity index (χ4v) is 3.23. The Kier molecular flexibility index (Phi) is 5.60. The molecule has 1 saturated carbocycles. The summed E-state index contributed by atoms with van der Waals surface area (Å²) in [5.41, 5.74) is -0.268. The molecule has 0 radical (unpaired) electrons. The third kappa shape index (κ3) is 6.40. The van der Waals surface area contributed by atoms with Crippen molar-refractivity contribution < 1.29 is 9.59 Å². The molecule has 1 aliphatic rings. The zero-order chi connectivity index (χ0) is 15.4. The topological polar surface area (TPSA) is 58.2 Å². The van der Waals surface area contributed by atoms with E-state index in [2.05, 4.69) is 31.4 Å². The van der Waals surface area contributed by atoms with Gasteiger partial charge in [0.1, 0.15) is 0 Å². The van der Waals surface area contributed by atoms with Crippen LogP contribution in [0.3, 0.4) is 0 Å². The smallest absolute Gasteiger partial charge is 0.309 e. The van der Waals surface area contributed by atoms with Gasteiger partial charge in [0, 0.05) is 11.6 Å². The molecule has 1 fully saturated rings. The molecule has 4 heteroatoms. The summed E-state index contributed by atoms with van der Waals surface area (Å²) in [6, 6.07) is 0.174. The molecule has 0 aromatic heterocycles. The lowest BCUT2D eigenvalue weighted by molar-refractivity contribution is -0.141. The Morgan fingerprint density at radius 2 is 1.50 bits per heavy atom. The normalized spacial score (nSPS) is 17.6. The van der Waals surface area contributed by atoms with Crippen LogP contribution in [-0.2, 0) is 9.59 Å². The molecule has 4 nitrogen and oxygen atoms in total. The van der Waals surface area contributed by atoms with E-state index in [9.17, 15) is 9.59 Å². The maximum absolute atomic E-state index is 12.0. The van der Waals surface area contributed by atoms with Crippen molar-refractivity contribution in [1.29, 1.82) is 0 Å². The first kappa shape index (κ1) is 17.0. The molecule has 0 atom stereocenters. The van der Waals surface area contributed by atoms with Gasteiger partial charge in [0.05, 0.1) is 0 Å². The number of nitrogens with one attached hydrogen (secondary N) is 2. The highest BCUT2D eigenvalue weighted by Crippen LogP contribution is 2.26. The van der Waals surface area contributed by atoms with Crippen molar-refractivity contribution in [2.24, 2.45) is 5.41 Å². The van der Waals surface area contributed by atoms with Gasteiger partial charge in [-0.3, -0.25) is 9.59 Å². The van der Waals surface area contributed by atoms with Crippen LogP contribution >= 0.6 is 0 Å². The maximum atomic E-state index is 12.0. The monoisotopic (exact) mass is 282 g/mol. The Hall–Kier alpha value is -1.06. The molecule has 2 amide bonds. The lowest BCUT2D eigenvalue weighted by Gasteiger charge is -2.33. The lowest BCUT2D eigenvalue weighted by Crippen LogP contribution is -2.52. The van der Waals surface area contributed by atoms with Crippen LogP contribution in [0.25, 0.3) is 0 Å². The molecule has 0 unspecified atom stereocenters. The van der Waals surface area contributed by atoms with Crippen LogP contribution in [0.5, 0.6) is 0 Å².